The van der Waals surface area contributed by atoms with Gasteiger partial charge in [0.2, 0.25) is 0 Å². The highest BCUT2D eigenvalue weighted by Crippen LogP contribution is 2.34. The standard InChI is InChI=1S/C13H20N2O2S/c1-18(16,17)12-7-3-6-11(9-12)13(15-14)8-10-4-2-5-10/h3,6-7,9-10,13,15H,2,4-5,8,14H2,1H3. The van der Waals surface area contributed by atoms with Crippen LogP contribution in [0.25, 0.3) is 0 Å². The summed E-state index contributed by atoms with van der Waals surface area (Å²) in [6, 6.07) is 7.08. The van der Waals surface area contributed by atoms with E-state index in [1.807, 2.05) is 6.07 Å². The molecule has 1 saturated carbocycles. The van der Waals surface area contributed by atoms with E-state index in [-0.39, 0.29) is 6.04 Å². The molecule has 3 N–H and O–H groups in total. The molecule has 0 bridgehead atoms. The number of sulfone groups is 1. The molecule has 0 radical (unpaired) electrons. The molecule has 0 saturated heterocycles. The average molecular weight is 268 g/mol. The van der Waals surface area contributed by atoms with Gasteiger partial charge in [0.15, 0.2) is 9.84 Å². The lowest BCUT2D eigenvalue weighted by Crippen LogP contribution is -2.31. The Bertz CT molecular complexity index is 509. The highest BCUT2D eigenvalue weighted by Gasteiger charge is 2.23. The maximum Gasteiger partial charge on any atom is 0.175 e. The molecule has 1 aromatic carbocycles. The van der Waals surface area contributed by atoms with Crippen molar-refractivity contribution in [1.82, 2.24) is 5.43 Å². The van der Waals surface area contributed by atoms with Crippen molar-refractivity contribution in [2.75, 3.05) is 6.26 Å². The van der Waals surface area contributed by atoms with Crippen LogP contribution in [0.3, 0.4) is 0 Å². The lowest BCUT2D eigenvalue weighted by Gasteiger charge is -2.29. The molecule has 1 atom stereocenters. The largest absolute Gasteiger partial charge is 0.271 e. The smallest absolute Gasteiger partial charge is 0.175 e. The summed E-state index contributed by atoms with van der Waals surface area (Å²) in [5.41, 5.74) is 3.75. The molecule has 1 aliphatic carbocycles. The van der Waals surface area contributed by atoms with Crippen LogP contribution in [-0.2, 0) is 9.84 Å². The van der Waals surface area contributed by atoms with Crippen molar-refractivity contribution in [3.05, 3.63) is 29.8 Å². The van der Waals surface area contributed by atoms with E-state index >= 15 is 0 Å². The molecule has 0 heterocycles. The summed E-state index contributed by atoms with van der Waals surface area (Å²) >= 11 is 0. The molecule has 0 spiro atoms. The van der Waals surface area contributed by atoms with Gasteiger partial charge >= 0.3 is 0 Å². The van der Waals surface area contributed by atoms with Crippen molar-refractivity contribution < 1.29 is 8.42 Å². The van der Waals surface area contributed by atoms with Gasteiger partial charge < -0.3 is 0 Å². The minimum absolute atomic E-state index is 0.0389. The summed E-state index contributed by atoms with van der Waals surface area (Å²) in [6.07, 6.45) is 6.01. The van der Waals surface area contributed by atoms with Gasteiger partial charge in [0, 0.05) is 12.3 Å². The van der Waals surface area contributed by atoms with E-state index in [2.05, 4.69) is 5.43 Å². The number of benzene rings is 1. The van der Waals surface area contributed by atoms with Gasteiger partial charge in [0.25, 0.3) is 0 Å². The second-order valence-corrected chi connectivity index (χ2v) is 7.11. The first kappa shape index (κ1) is 13.5. The quantitative estimate of drug-likeness (QED) is 0.631. The SMILES string of the molecule is CS(=O)(=O)c1cccc(C(CC2CCC2)NN)c1. The van der Waals surface area contributed by atoms with Gasteiger partial charge in [-0.2, -0.15) is 0 Å². The molecule has 1 fully saturated rings. The monoisotopic (exact) mass is 268 g/mol. The van der Waals surface area contributed by atoms with Crippen molar-refractivity contribution in [2.45, 2.75) is 36.6 Å². The molecule has 18 heavy (non-hydrogen) atoms. The third-order valence-electron chi connectivity index (χ3n) is 3.68. The van der Waals surface area contributed by atoms with Crippen LogP contribution in [0.4, 0.5) is 0 Å². The van der Waals surface area contributed by atoms with Crippen LogP contribution in [0.5, 0.6) is 0 Å². The van der Waals surface area contributed by atoms with Crippen LogP contribution in [0.2, 0.25) is 0 Å². The fraction of sp³-hybridized carbons (Fsp3) is 0.538. The minimum Gasteiger partial charge on any atom is -0.271 e. The molecule has 0 aromatic heterocycles. The molecule has 4 nitrogen and oxygen atoms in total. The predicted molar refractivity (Wildman–Crippen MR) is 71.6 cm³/mol. The van der Waals surface area contributed by atoms with Crippen molar-refractivity contribution >= 4 is 9.84 Å². The Hall–Kier alpha value is -0.910. The van der Waals surface area contributed by atoms with E-state index in [9.17, 15) is 8.42 Å². The van der Waals surface area contributed by atoms with Gasteiger partial charge in [0.05, 0.1) is 4.90 Å². The number of nitrogens with one attached hydrogen (secondary N) is 1. The summed E-state index contributed by atoms with van der Waals surface area (Å²) in [6.45, 7) is 0. The fourth-order valence-electron chi connectivity index (χ4n) is 2.32. The number of hydrogen-bond acceptors (Lipinski definition) is 4. The van der Waals surface area contributed by atoms with E-state index in [0.717, 1.165) is 12.0 Å². The molecular weight excluding hydrogens is 248 g/mol. The highest BCUT2D eigenvalue weighted by molar-refractivity contribution is 7.90. The van der Waals surface area contributed by atoms with Crippen molar-refractivity contribution in [1.29, 1.82) is 0 Å². The summed E-state index contributed by atoms with van der Waals surface area (Å²) in [5, 5.41) is 0. The summed E-state index contributed by atoms with van der Waals surface area (Å²) in [5.74, 6) is 6.31. The second-order valence-electron chi connectivity index (χ2n) is 5.10. The molecular formula is C13H20N2O2S. The Morgan fingerprint density at radius 3 is 2.67 bits per heavy atom. The van der Waals surface area contributed by atoms with Crippen LogP contribution < -0.4 is 11.3 Å². The third kappa shape index (κ3) is 3.10. The lowest BCUT2D eigenvalue weighted by atomic mass is 9.80. The molecule has 5 heteroatoms. The molecule has 1 aromatic rings. The van der Waals surface area contributed by atoms with Crippen LogP contribution in [0, 0.1) is 5.92 Å². The maximum atomic E-state index is 11.5. The van der Waals surface area contributed by atoms with Crippen molar-refractivity contribution in [2.24, 2.45) is 11.8 Å². The van der Waals surface area contributed by atoms with Crippen LogP contribution in [0.15, 0.2) is 29.2 Å². The van der Waals surface area contributed by atoms with Gasteiger partial charge in [-0.3, -0.25) is 11.3 Å². The van der Waals surface area contributed by atoms with Gasteiger partial charge in [-0.1, -0.05) is 31.4 Å². The zero-order chi connectivity index (χ0) is 13.2. The Morgan fingerprint density at radius 1 is 1.44 bits per heavy atom. The van der Waals surface area contributed by atoms with E-state index in [4.69, 9.17) is 5.84 Å². The van der Waals surface area contributed by atoms with E-state index in [0.29, 0.717) is 10.8 Å². The first-order valence-corrected chi connectivity index (χ1v) is 8.16. The lowest BCUT2D eigenvalue weighted by molar-refractivity contribution is 0.262. The fourth-order valence-corrected chi connectivity index (χ4v) is 3.00. The predicted octanol–water partition coefficient (Wildman–Crippen LogP) is 1.78. The van der Waals surface area contributed by atoms with E-state index in [1.54, 1.807) is 18.2 Å². The Kier molecular flexibility index (Phi) is 4.04. The number of hydrogen-bond donors (Lipinski definition) is 2. The highest BCUT2D eigenvalue weighted by atomic mass is 32.2. The normalized spacial score (nSPS) is 18.3. The first-order valence-electron chi connectivity index (χ1n) is 6.27. The zero-order valence-electron chi connectivity index (χ0n) is 10.6. The van der Waals surface area contributed by atoms with Gasteiger partial charge in [-0.05, 0) is 30.0 Å². The summed E-state index contributed by atoms with van der Waals surface area (Å²) in [7, 11) is -3.16. The Balaban J connectivity index is 2.19. The van der Waals surface area contributed by atoms with E-state index in [1.165, 1.54) is 25.5 Å². The molecule has 100 valence electrons. The summed E-state index contributed by atoms with van der Waals surface area (Å²) in [4.78, 5) is 0.355. The first-order chi connectivity index (χ1) is 8.50. The zero-order valence-corrected chi connectivity index (χ0v) is 11.4. The van der Waals surface area contributed by atoms with Crippen LogP contribution in [-0.4, -0.2) is 14.7 Å². The molecule has 1 unspecified atom stereocenters. The third-order valence-corrected chi connectivity index (χ3v) is 4.79. The van der Waals surface area contributed by atoms with Crippen molar-refractivity contribution in [3.8, 4) is 0 Å². The Morgan fingerprint density at radius 2 is 2.17 bits per heavy atom. The second kappa shape index (κ2) is 5.38. The molecule has 2 rings (SSSR count). The molecule has 0 aliphatic heterocycles. The number of hydrazine groups is 1. The van der Waals surface area contributed by atoms with Crippen LogP contribution >= 0.6 is 0 Å². The van der Waals surface area contributed by atoms with Gasteiger partial charge in [-0.25, -0.2) is 8.42 Å². The minimum atomic E-state index is -3.16. The average Bonchev–Trinajstić information content (AvgIpc) is 2.27. The van der Waals surface area contributed by atoms with Crippen molar-refractivity contribution in [3.63, 3.8) is 0 Å². The number of rotatable bonds is 5. The topological polar surface area (TPSA) is 72.2 Å². The maximum absolute atomic E-state index is 11.5. The van der Waals surface area contributed by atoms with Gasteiger partial charge in [0.1, 0.15) is 0 Å². The Labute approximate surface area is 108 Å². The van der Waals surface area contributed by atoms with Crippen LogP contribution in [0.1, 0.15) is 37.3 Å². The van der Waals surface area contributed by atoms with E-state index < -0.39 is 9.84 Å². The van der Waals surface area contributed by atoms with Gasteiger partial charge in [-0.15, -0.1) is 0 Å². The molecule has 0 amide bonds. The number of nitrogens with two attached hydrogens (primary N) is 1. The summed E-state index contributed by atoms with van der Waals surface area (Å²) < 4.78 is 23.1. The molecule has 1 aliphatic rings.